The summed E-state index contributed by atoms with van der Waals surface area (Å²) < 4.78 is 0. The van der Waals surface area contributed by atoms with Gasteiger partial charge < -0.3 is 5.11 Å². The minimum atomic E-state index is -0.247. The minimum Gasteiger partial charge on any atom is -0.390 e. The smallest absolute Gasteiger partial charge is 0.0658 e. The van der Waals surface area contributed by atoms with E-state index in [-0.39, 0.29) is 5.60 Å². The Balaban J connectivity index is 0.000000140. The monoisotopic (exact) mass is 326 g/mol. The lowest BCUT2D eigenvalue weighted by atomic mass is 10.1. The molecule has 0 aromatic heterocycles. The largest absolute Gasteiger partial charge is 0.390 e. The van der Waals surface area contributed by atoms with E-state index in [0.717, 1.165) is 30.0 Å². The third-order valence-corrected chi connectivity index (χ3v) is 3.98. The molecule has 2 fully saturated rings. The molecule has 14 heavy (non-hydrogen) atoms. The molecule has 2 rings (SSSR count). The Morgan fingerprint density at radius 2 is 1.50 bits per heavy atom. The second kappa shape index (κ2) is 5.31. The molecule has 84 valence electrons. The molecular formula is C11H20Br2O. The van der Waals surface area contributed by atoms with Gasteiger partial charge in [-0.3, -0.25) is 0 Å². The van der Waals surface area contributed by atoms with Gasteiger partial charge in [-0.25, -0.2) is 0 Å². The Morgan fingerprint density at radius 3 is 1.64 bits per heavy atom. The van der Waals surface area contributed by atoms with E-state index in [0.29, 0.717) is 0 Å². The first-order valence-corrected chi connectivity index (χ1v) is 7.62. The van der Waals surface area contributed by atoms with E-state index in [2.05, 4.69) is 38.8 Å². The maximum absolute atomic E-state index is 9.10. The van der Waals surface area contributed by atoms with Crippen molar-refractivity contribution in [3.05, 3.63) is 0 Å². The number of rotatable bonds is 4. The van der Waals surface area contributed by atoms with Gasteiger partial charge in [0.15, 0.2) is 0 Å². The number of hydrogen-bond donors (Lipinski definition) is 1. The predicted molar refractivity (Wildman–Crippen MR) is 68.3 cm³/mol. The van der Waals surface area contributed by atoms with Crippen molar-refractivity contribution in [1.82, 2.24) is 0 Å². The van der Waals surface area contributed by atoms with Crippen molar-refractivity contribution in [2.45, 2.75) is 51.0 Å². The molecule has 0 aliphatic heterocycles. The number of hydrogen-bond acceptors (Lipinski definition) is 1. The maximum Gasteiger partial charge on any atom is 0.0658 e. The van der Waals surface area contributed by atoms with Gasteiger partial charge in [0.25, 0.3) is 0 Å². The number of halogens is 2. The van der Waals surface area contributed by atoms with Crippen molar-refractivity contribution in [3.63, 3.8) is 0 Å². The van der Waals surface area contributed by atoms with E-state index in [1.807, 2.05) is 0 Å². The van der Waals surface area contributed by atoms with Crippen LogP contribution in [-0.4, -0.2) is 21.4 Å². The number of aliphatic hydroxyl groups is 1. The molecule has 2 aliphatic carbocycles. The molecule has 0 spiro atoms. The molecule has 0 unspecified atom stereocenters. The second-order valence-electron chi connectivity index (χ2n) is 4.91. The molecule has 0 radical (unpaired) electrons. The van der Waals surface area contributed by atoms with E-state index in [1.165, 1.54) is 24.6 Å². The molecule has 1 N–H and O–H groups in total. The van der Waals surface area contributed by atoms with Crippen LogP contribution in [0, 0.1) is 5.41 Å². The first-order valence-electron chi connectivity index (χ1n) is 5.38. The van der Waals surface area contributed by atoms with E-state index < -0.39 is 0 Å². The minimum absolute atomic E-state index is 0.247. The van der Waals surface area contributed by atoms with Crippen LogP contribution in [0.1, 0.15) is 45.4 Å². The lowest BCUT2D eigenvalue weighted by molar-refractivity contribution is 0.148. The second-order valence-corrected chi connectivity index (χ2v) is 6.50. The van der Waals surface area contributed by atoms with Crippen LogP contribution in [0.25, 0.3) is 0 Å². The average Bonchev–Trinajstić information content (AvgIpc) is 2.98. The first kappa shape index (κ1) is 13.0. The summed E-state index contributed by atoms with van der Waals surface area (Å²) in [4.78, 5) is 0. The summed E-state index contributed by atoms with van der Waals surface area (Å²) in [7, 11) is 0. The summed E-state index contributed by atoms with van der Waals surface area (Å²) in [6.07, 6.45) is 7.23. The lowest BCUT2D eigenvalue weighted by Gasteiger charge is -2.00. The van der Waals surface area contributed by atoms with Crippen LogP contribution in [0.5, 0.6) is 0 Å². The molecule has 0 amide bonds. The molecule has 1 nitrogen and oxygen atoms in total. The van der Waals surface area contributed by atoms with Gasteiger partial charge in [0.1, 0.15) is 0 Å². The molecule has 0 atom stereocenters. The highest BCUT2D eigenvalue weighted by molar-refractivity contribution is 9.09. The third kappa shape index (κ3) is 5.13. The van der Waals surface area contributed by atoms with Gasteiger partial charge in [-0.05, 0) is 43.9 Å². The molecule has 2 saturated carbocycles. The highest BCUT2D eigenvalue weighted by Crippen LogP contribution is 2.48. The van der Waals surface area contributed by atoms with Crippen LogP contribution in [0.2, 0.25) is 0 Å². The van der Waals surface area contributed by atoms with Crippen molar-refractivity contribution in [3.8, 4) is 0 Å². The van der Waals surface area contributed by atoms with Gasteiger partial charge in [-0.2, -0.15) is 0 Å². The van der Waals surface area contributed by atoms with Crippen molar-refractivity contribution < 1.29 is 5.11 Å². The summed E-state index contributed by atoms with van der Waals surface area (Å²) in [5.74, 6) is 0. The molecule has 0 heterocycles. The van der Waals surface area contributed by atoms with Crippen molar-refractivity contribution in [2.75, 3.05) is 10.7 Å². The third-order valence-electron chi connectivity index (χ3n) is 3.19. The fourth-order valence-electron chi connectivity index (χ4n) is 1.26. The van der Waals surface area contributed by atoms with E-state index >= 15 is 0 Å². The summed E-state index contributed by atoms with van der Waals surface area (Å²) >= 11 is 6.69. The molecule has 3 heteroatoms. The lowest BCUT2D eigenvalue weighted by Crippen LogP contribution is -2.05. The zero-order chi connectivity index (χ0) is 10.7. The summed E-state index contributed by atoms with van der Waals surface area (Å²) in [6.45, 7) is 2.36. The van der Waals surface area contributed by atoms with Gasteiger partial charge in [-0.1, -0.05) is 38.8 Å². The van der Waals surface area contributed by atoms with Gasteiger partial charge in [0, 0.05) is 10.7 Å². The van der Waals surface area contributed by atoms with Crippen molar-refractivity contribution in [1.29, 1.82) is 0 Å². The molecule has 0 aromatic rings. The van der Waals surface area contributed by atoms with Crippen LogP contribution < -0.4 is 0 Å². The average molecular weight is 328 g/mol. The van der Waals surface area contributed by atoms with Gasteiger partial charge in [0.2, 0.25) is 0 Å². The topological polar surface area (TPSA) is 20.2 Å². The van der Waals surface area contributed by atoms with Crippen LogP contribution in [0.15, 0.2) is 0 Å². The maximum atomic E-state index is 9.10. The summed E-state index contributed by atoms with van der Waals surface area (Å²) in [5.41, 5.74) is 0.507. The Labute approximate surface area is 104 Å². The van der Waals surface area contributed by atoms with E-state index in [1.54, 1.807) is 0 Å². The molecule has 0 saturated heterocycles. The SMILES string of the molecule is CC1(CCBr)CC1.OC1(CCBr)CC1. The van der Waals surface area contributed by atoms with Crippen molar-refractivity contribution in [2.24, 2.45) is 5.41 Å². The first-order chi connectivity index (χ1) is 6.54. The quantitative estimate of drug-likeness (QED) is 0.777. The summed E-state index contributed by atoms with van der Waals surface area (Å²) in [5, 5.41) is 11.2. The predicted octanol–water partition coefficient (Wildman–Crippen LogP) is 3.87. The number of alkyl halides is 2. The Bertz CT molecular complexity index is 154. The zero-order valence-corrected chi connectivity index (χ0v) is 12.0. The van der Waals surface area contributed by atoms with Gasteiger partial charge in [-0.15, -0.1) is 0 Å². The Kier molecular flexibility index (Phi) is 4.93. The zero-order valence-electron chi connectivity index (χ0n) is 8.86. The van der Waals surface area contributed by atoms with Gasteiger partial charge >= 0.3 is 0 Å². The highest BCUT2D eigenvalue weighted by Gasteiger charge is 2.38. The highest BCUT2D eigenvalue weighted by atomic mass is 79.9. The van der Waals surface area contributed by atoms with Gasteiger partial charge in [0.05, 0.1) is 5.60 Å². The molecular weight excluding hydrogens is 308 g/mol. The van der Waals surface area contributed by atoms with Crippen LogP contribution >= 0.6 is 31.9 Å². The van der Waals surface area contributed by atoms with E-state index in [4.69, 9.17) is 5.11 Å². The molecule has 0 bridgehead atoms. The summed E-state index contributed by atoms with van der Waals surface area (Å²) in [6, 6.07) is 0. The molecule has 2 aliphatic rings. The van der Waals surface area contributed by atoms with Crippen LogP contribution in [-0.2, 0) is 0 Å². The normalized spacial score (nSPS) is 24.9. The van der Waals surface area contributed by atoms with E-state index in [9.17, 15) is 0 Å². The fraction of sp³-hybridized carbons (Fsp3) is 1.00. The standard InChI is InChI=1S/C6H11Br.C5H9BrO/c1-6(2-3-6)4-5-7;6-4-3-5(7)1-2-5/h2-5H2,1H3;7H,1-4H2. The van der Waals surface area contributed by atoms with Crippen molar-refractivity contribution >= 4 is 31.9 Å². The van der Waals surface area contributed by atoms with Crippen LogP contribution in [0.4, 0.5) is 0 Å². The Hall–Kier alpha value is 0.920. The van der Waals surface area contributed by atoms with Crippen LogP contribution in [0.3, 0.4) is 0 Å². The fourth-order valence-corrected chi connectivity index (χ4v) is 2.96. The Morgan fingerprint density at radius 1 is 1.00 bits per heavy atom. The molecule has 0 aromatic carbocycles.